The SMILES string of the molecule is O=C(COC(=O)[C@H]1CC(=O)N(Cc2ccco2)C1)Nc1ccc(SC(F)F)cc1. The molecule has 3 rings (SSSR count). The number of ether oxygens (including phenoxy) is 1. The molecule has 10 heteroatoms. The van der Waals surface area contributed by atoms with Crippen molar-refractivity contribution in [1.29, 1.82) is 0 Å². The molecule has 1 atom stereocenters. The van der Waals surface area contributed by atoms with E-state index in [0.29, 0.717) is 28.1 Å². The van der Waals surface area contributed by atoms with Crippen LogP contribution in [0.3, 0.4) is 0 Å². The minimum Gasteiger partial charge on any atom is -0.467 e. The summed E-state index contributed by atoms with van der Waals surface area (Å²) in [6.07, 6.45) is 1.52. The van der Waals surface area contributed by atoms with Crippen molar-refractivity contribution < 1.29 is 32.3 Å². The fourth-order valence-electron chi connectivity index (χ4n) is 2.84. The van der Waals surface area contributed by atoms with Crippen molar-refractivity contribution in [2.24, 2.45) is 5.92 Å². The Bertz CT molecular complexity index is 858. The Labute approximate surface area is 169 Å². The predicted molar refractivity (Wildman–Crippen MR) is 100 cm³/mol. The van der Waals surface area contributed by atoms with Crippen LogP contribution in [0, 0.1) is 5.92 Å². The van der Waals surface area contributed by atoms with Crippen molar-refractivity contribution in [1.82, 2.24) is 4.90 Å². The lowest BCUT2D eigenvalue weighted by Gasteiger charge is -2.14. The normalized spacial score (nSPS) is 16.3. The number of alkyl halides is 2. The van der Waals surface area contributed by atoms with E-state index < -0.39 is 30.2 Å². The summed E-state index contributed by atoms with van der Waals surface area (Å²) in [4.78, 5) is 38.0. The first-order valence-corrected chi connectivity index (χ1v) is 9.60. The highest BCUT2D eigenvalue weighted by molar-refractivity contribution is 7.99. The van der Waals surface area contributed by atoms with Crippen LogP contribution in [0.1, 0.15) is 12.2 Å². The van der Waals surface area contributed by atoms with Gasteiger partial charge in [-0.3, -0.25) is 14.4 Å². The van der Waals surface area contributed by atoms with Crippen LogP contribution < -0.4 is 5.32 Å². The highest BCUT2D eigenvalue weighted by atomic mass is 32.2. The number of benzene rings is 1. The van der Waals surface area contributed by atoms with E-state index in [0.717, 1.165) is 0 Å². The van der Waals surface area contributed by atoms with Crippen molar-refractivity contribution in [2.75, 3.05) is 18.5 Å². The Morgan fingerprint density at radius 1 is 1.28 bits per heavy atom. The van der Waals surface area contributed by atoms with E-state index in [-0.39, 0.29) is 25.4 Å². The molecule has 0 unspecified atom stereocenters. The molecule has 0 aliphatic carbocycles. The number of anilines is 1. The van der Waals surface area contributed by atoms with Crippen molar-refractivity contribution in [2.45, 2.75) is 23.6 Å². The maximum absolute atomic E-state index is 12.3. The smallest absolute Gasteiger partial charge is 0.311 e. The molecule has 0 spiro atoms. The van der Waals surface area contributed by atoms with Crippen molar-refractivity contribution in [3.63, 3.8) is 0 Å². The van der Waals surface area contributed by atoms with Gasteiger partial charge in [-0.15, -0.1) is 0 Å². The van der Waals surface area contributed by atoms with Gasteiger partial charge in [0.1, 0.15) is 5.76 Å². The van der Waals surface area contributed by atoms with E-state index in [4.69, 9.17) is 9.15 Å². The molecule has 1 aromatic carbocycles. The number of nitrogens with one attached hydrogen (secondary N) is 1. The standard InChI is InChI=1S/C19H18F2N2O5S/c20-19(21)29-15-5-3-13(4-6-15)22-16(24)11-28-18(26)12-8-17(25)23(9-12)10-14-2-1-7-27-14/h1-7,12,19H,8-11H2,(H,22,24)/t12-/m0/s1. The lowest BCUT2D eigenvalue weighted by molar-refractivity contribution is -0.151. The summed E-state index contributed by atoms with van der Waals surface area (Å²) in [6, 6.07) is 9.32. The second-order valence-corrected chi connectivity index (χ2v) is 7.38. The fraction of sp³-hybridized carbons (Fsp3) is 0.316. The second-order valence-electron chi connectivity index (χ2n) is 6.31. The number of amides is 2. The Balaban J connectivity index is 1.43. The maximum atomic E-state index is 12.3. The zero-order valence-corrected chi connectivity index (χ0v) is 16.0. The van der Waals surface area contributed by atoms with E-state index in [2.05, 4.69) is 5.32 Å². The summed E-state index contributed by atoms with van der Waals surface area (Å²) in [5.41, 5.74) is 0.394. The van der Waals surface area contributed by atoms with E-state index >= 15 is 0 Å². The second kappa shape index (κ2) is 9.55. The third-order valence-corrected chi connectivity index (χ3v) is 4.91. The number of hydrogen-bond acceptors (Lipinski definition) is 6. The first-order valence-electron chi connectivity index (χ1n) is 8.72. The summed E-state index contributed by atoms with van der Waals surface area (Å²) in [7, 11) is 0. The molecule has 0 radical (unpaired) electrons. The number of rotatable bonds is 8. The first kappa shape index (κ1) is 20.8. The van der Waals surface area contributed by atoms with Crippen LogP contribution in [0.4, 0.5) is 14.5 Å². The minimum atomic E-state index is -2.52. The van der Waals surface area contributed by atoms with Crippen LogP contribution in [0.2, 0.25) is 0 Å². The molecule has 1 fully saturated rings. The highest BCUT2D eigenvalue weighted by Gasteiger charge is 2.35. The third-order valence-electron chi connectivity index (χ3n) is 4.18. The number of esters is 1. The Hall–Kier alpha value is -2.88. The van der Waals surface area contributed by atoms with E-state index in [1.165, 1.54) is 35.4 Å². The highest BCUT2D eigenvalue weighted by Crippen LogP contribution is 2.26. The molecule has 1 aromatic heterocycles. The summed E-state index contributed by atoms with van der Waals surface area (Å²) in [6.45, 7) is -0.0333. The number of carbonyl (C=O) groups is 3. The molecular formula is C19H18F2N2O5S. The molecule has 1 N–H and O–H groups in total. The van der Waals surface area contributed by atoms with Crippen LogP contribution in [0.15, 0.2) is 52.0 Å². The molecule has 0 saturated carbocycles. The average molecular weight is 424 g/mol. The molecule has 2 amide bonds. The Morgan fingerprint density at radius 3 is 2.69 bits per heavy atom. The van der Waals surface area contributed by atoms with Crippen LogP contribution >= 0.6 is 11.8 Å². The molecule has 1 aliphatic heterocycles. The summed E-state index contributed by atoms with van der Waals surface area (Å²) in [5, 5.41) is 2.51. The van der Waals surface area contributed by atoms with E-state index in [9.17, 15) is 23.2 Å². The summed E-state index contributed by atoms with van der Waals surface area (Å²) in [5.74, 6) is -3.92. The summed E-state index contributed by atoms with van der Waals surface area (Å²) >= 11 is 0.403. The van der Waals surface area contributed by atoms with E-state index in [1.54, 1.807) is 12.1 Å². The largest absolute Gasteiger partial charge is 0.467 e. The number of halogens is 2. The lowest BCUT2D eigenvalue weighted by Crippen LogP contribution is -2.28. The molecular weight excluding hydrogens is 406 g/mol. The molecule has 29 heavy (non-hydrogen) atoms. The maximum Gasteiger partial charge on any atom is 0.311 e. The molecule has 2 aromatic rings. The molecule has 1 aliphatic rings. The van der Waals surface area contributed by atoms with Gasteiger partial charge in [-0.25, -0.2) is 0 Å². The molecule has 7 nitrogen and oxygen atoms in total. The quantitative estimate of drug-likeness (QED) is 0.517. The fourth-order valence-corrected chi connectivity index (χ4v) is 3.34. The van der Waals surface area contributed by atoms with Gasteiger partial charge in [0, 0.05) is 23.5 Å². The van der Waals surface area contributed by atoms with Crippen molar-refractivity contribution in [3.05, 3.63) is 48.4 Å². The minimum absolute atomic E-state index is 0.0183. The Kier molecular flexibility index (Phi) is 6.86. The molecule has 2 heterocycles. The first-order chi connectivity index (χ1) is 13.9. The number of furan rings is 1. The number of thioether (sulfide) groups is 1. The Morgan fingerprint density at radius 2 is 2.03 bits per heavy atom. The van der Waals surface area contributed by atoms with Gasteiger partial charge < -0.3 is 19.4 Å². The number of carbonyl (C=O) groups excluding carboxylic acids is 3. The zero-order valence-electron chi connectivity index (χ0n) is 15.2. The number of likely N-dealkylation sites (tertiary alicyclic amines) is 1. The molecule has 154 valence electrons. The van der Waals surface area contributed by atoms with Gasteiger partial charge >= 0.3 is 5.97 Å². The lowest BCUT2D eigenvalue weighted by atomic mass is 10.1. The number of hydrogen-bond donors (Lipinski definition) is 1. The summed E-state index contributed by atoms with van der Waals surface area (Å²) < 4.78 is 34.8. The monoisotopic (exact) mass is 424 g/mol. The van der Waals surface area contributed by atoms with Gasteiger partial charge in [-0.05, 0) is 36.4 Å². The van der Waals surface area contributed by atoms with Crippen molar-refractivity contribution in [3.8, 4) is 0 Å². The van der Waals surface area contributed by atoms with Gasteiger partial charge in [0.2, 0.25) is 5.91 Å². The van der Waals surface area contributed by atoms with Crippen LogP contribution in [-0.4, -0.2) is 41.6 Å². The zero-order chi connectivity index (χ0) is 20.8. The predicted octanol–water partition coefficient (Wildman–Crippen LogP) is 3.12. The van der Waals surface area contributed by atoms with Gasteiger partial charge in [0.25, 0.3) is 11.7 Å². The van der Waals surface area contributed by atoms with Gasteiger partial charge in [-0.1, -0.05) is 11.8 Å². The van der Waals surface area contributed by atoms with Crippen LogP contribution in [-0.2, 0) is 25.7 Å². The van der Waals surface area contributed by atoms with Gasteiger partial charge in [0.15, 0.2) is 6.61 Å². The average Bonchev–Trinajstić information content (AvgIpc) is 3.31. The van der Waals surface area contributed by atoms with Crippen LogP contribution in [0.25, 0.3) is 0 Å². The third kappa shape index (κ3) is 6.05. The molecule has 0 bridgehead atoms. The van der Waals surface area contributed by atoms with Gasteiger partial charge in [0.05, 0.1) is 18.7 Å². The van der Waals surface area contributed by atoms with E-state index in [1.807, 2.05) is 0 Å². The van der Waals surface area contributed by atoms with Crippen molar-refractivity contribution >= 4 is 35.2 Å². The van der Waals surface area contributed by atoms with Crippen LogP contribution in [0.5, 0.6) is 0 Å². The van der Waals surface area contributed by atoms with Gasteiger partial charge in [-0.2, -0.15) is 8.78 Å². The topological polar surface area (TPSA) is 88.9 Å². The molecule has 1 saturated heterocycles. The number of nitrogens with zero attached hydrogens (tertiary/aromatic N) is 1.